The van der Waals surface area contributed by atoms with Crippen molar-refractivity contribution in [1.82, 2.24) is 5.43 Å². The van der Waals surface area contributed by atoms with Gasteiger partial charge in [-0.3, -0.25) is 10.4 Å². The SMILES string of the molecule is COc1ccc(/C=C/C2=C[C@@H](c3ccc(OC)cc3)N(c3cc(C(F)(F)F)ccc3Cl)N2)cc1. The third-order valence-electron chi connectivity index (χ3n) is 5.43. The van der Waals surface area contributed by atoms with Crippen LogP contribution < -0.4 is 19.9 Å². The maximum Gasteiger partial charge on any atom is 0.416 e. The van der Waals surface area contributed by atoms with Crippen LogP contribution in [0, 0.1) is 0 Å². The monoisotopic (exact) mass is 486 g/mol. The Kier molecular flexibility index (Phi) is 6.75. The number of hydrogen-bond donors (Lipinski definition) is 1. The van der Waals surface area contributed by atoms with E-state index in [2.05, 4.69) is 5.43 Å². The number of nitrogens with zero attached hydrogens (tertiary/aromatic N) is 1. The second-order valence-electron chi connectivity index (χ2n) is 7.59. The van der Waals surface area contributed by atoms with Crippen LogP contribution in [0.1, 0.15) is 22.7 Å². The first-order chi connectivity index (χ1) is 16.3. The third kappa shape index (κ3) is 5.15. The molecule has 176 valence electrons. The minimum atomic E-state index is -4.49. The summed E-state index contributed by atoms with van der Waals surface area (Å²) in [6.07, 6.45) is 1.21. The fourth-order valence-electron chi connectivity index (χ4n) is 3.61. The largest absolute Gasteiger partial charge is 0.497 e. The highest BCUT2D eigenvalue weighted by atomic mass is 35.5. The lowest BCUT2D eigenvalue weighted by atomic mass is 10.0. The number of ether oxygens (including phenoxy) is 2. The first-order valence-electron chi connectivity index (χ1n) is 10.4. The smallest absolute Gasteiger partial charge is 0.416 e. The summed E-state index contributed by atoms with van der Waals surface area (Å²) in [6, 6.07) is 17.8. The molecule has 0 amide bonds. The van der Waals surface area contributed by atoms with E-state index in [1.165, 1.54) is 6.07 Å². The Morgan fingerprint density at radius 1 is 0.882 bits per heavy atom. The van der Waals surface area contributed by atoms with E-state index in [0.29, 0.717) is 11.4 Å². The highest BCUT2D eigenvalue weighted by Crippen LogP contribution is 2.40. The molecular weight excluding hydrogens is 465 g/mol. The molecule has 0 spiro atoms. The minimum Gasteiger partial charge on any atom is -0.497 e. The number of benzene rings is 3. The number of halogens is 4. The van der Waals surface area contributed by atoms with Gasteiger partial charge in [-0.05, 0) is 65.7 Å². The van der Waals surface area contributed by atoms with Gasteiger partial charge in [-0.1, -0.05) is 41.9 Å². The Morgan fingerprint density at radius 2 is 1.50 bits per heavy atom. The second-order valence-corrected chi connectivity index (χ2v) is 8.00. The van der Waals surface area contributed by atoms with Gasteiger partial charge in [0, 0.05) is 0 Å². The zero-order valence-corrected chi connectivity index (χ0v) is 19.2. The summed E-state index contributed by atoms with van der Waals surface area (Å²) in [7, 11) is 3.17. The van der Waals surface area contributed by atoms with Gasteiger partial charge in [0.2, 0.25) is 0 Å². The van der Waals surface area contributed by atoms with Crippen LogP contribution in [0.5, 0.6) is 11.5 Å². The molecule has 8 heteroatoms. The van der Waals surface area contributed by atoms with Gasteiger partial charge in [-0.25, -0.2) is 0 Å². The van der Waals surface area contributed by atoms with E-state index in [1.54, 1.807) is 31.4 Å². The highest BCUT2D eigenvalue weighted by molar-refractivity contribution is 6.33. The van der Waals surface area contributed by atoms with Crippen LogP contribution in [0.4, 0.5) is 18.9 Å². The Hall–Kier alpha value is -3.58. The maximum absolute atomic E-state index is 13.4. The molecule has 0 saturated heterocycles. The first kappa shape index (κ1) is 23.6. The quantitative estimate of drug-likeness (QED) is 0.405. The van der Waals surface area contributed by atoms with Crippen molar-refractivity contribution in [2.24, 2.45) is 0 Å². The molecule has 1 heterocycles. The van der Waals surface area contributed by atoms with Crippen LogP contribution in [0.15, 0.2) is 84.6 Å². The van der Waals surface area contributed by atoms with Crippen LogP contribution in [0.2, 0.25) is 5.02 Å². The molecule has 0 unspecified atom stereocenters. The summed E-state index contributed by atoms with van der Waals surface area (Å²) < 4.78 is 50.6. The first-order valence-corrected chi connectivity index (χ1v) is 10.8. The molecule has 3 aromatic carbocycles. The lowest BCUT2D eigenvalue weighted by molar-refractivity contribution is -0.137. The number of rotatable bonds is 6. The molecule has 1 atom stereocenters. The molecular formula is C26H22ClF3N2O2. The van der Waals surface area contributed by atoms with Crippen LogP contribution in [0.25, 0.3) is 6.08 Å². The third-order valence-corrected chi connectivity index (χ3v) is 5.75. The molecule has 4 nitrogen and oxygen atoms in total. The molecule has 0 fully saturated rings. The average molecular weight is 487 g/mol. The molecule has 0 aliphatic carbocycles. The summed E-state index contributed by atoms with van der Waals surface area (Å²) >= 11 is 6.35. The normalized spacial score (nSPS) is 15.9. The molecule has 0 bridgehead atoms. The van der Waals surface area contributed by atoms with Gasteiger partial charge in [0.25, 0.3) is 0 Å². The molecule has 1 N–H and O–H groups in total. The lowest BCUT2D eigenvalue weighted by Gasteiger charge is -2.29. The Labute approximate surface area is 200 Å². The molecule has 1 aliphatic heterocycles. The van der Waals surface area contributed by atoms with E-state index < -0.39 is 17.8 Å². The van der Waals surface area contributed by atoms with Gasteiger partial charge in [0.05, 0.1) is 42.2 Å². The topological polar surface area (TPSA) is 33.7 Å². The number of hydrazine groups is 1. The van der Waals surface area contributed by atoms with Crippen molar-refractivity contribution in [3.05, 3.63) is 106 Å². The Balaban J connectivity index is 1.69. The predicted octanol–water partition coefficient (Wildman–Crippen LogP) is 7.04. The summed E-state index contributed by atoms with van der Waals surface area (Å²) in [6.45, 7) is 0. The number of methoxy groups -OCH3 is 2. The van der Waals surface area contributed by atoms with Gasteiger partial charge in [0.1, 0.15) is 11.5 Å². The van der Waals surface area contributed by atoms with Crippen LogP contribution >= 0.6 is 11.6 Å². The van der Waals surface area contributed by atoms with Crippen molar-refractivity contribution in [3.63, 3.8) is 0 Å². The zero-order valence-electron chi connectivity index (χ0n) is 18.4. The number of anilines is 1. The fraction of sp³-hybridized carbons (Fsp3) is 0.154. The Bertz CT molecular complexity index is 1210. The summed E-state index contributed by atoms with van der Waals surface area (Å²) in [5.74, 6) is 1.43. The summed E-state index contributed by atoms with van der Waals surface area (Å²) in [5, 5.41) is 1.83. The molecule has 4 rings (SSSR count). The maximum atomic E-state index is 13.4. The minimum absolute atomic E-state index is 0.202. The van der Waals surface area contributed by atoms with E-state index in [0.717, 1.165) is 29.0 Å². The van der Waals surface area contributed by atoms with Crippen molar-refractivity contribution in [3.8, 4) is 11.5 Å². The average Bonchev–Trinajstić information content (AvgIpc) is 3.26. The number of alkyl halides is 3. The summed E-state index contributed by atoms with van der Waals surface area (Å²) in [5.41, 5.74) is 5.16. The van der Waals surface area contributed by atoms with E-state index in [1.807, 2.05) is 54.6 Å². The van der Waals surface area contributed by atoms with Gasteiger partial charge >= 0.3 is 6.18 Å². The molecule has 0 saturated carbocycles. The molecule has 3 aromatic rings. The van der Waals surface area contributed by atoms with Gasteiger partial charge < -0.3 is 9.47 Å². The molecule has 0 radical (unpaired) electrons. The van der Waals surface area contributed by atoms with E-state index in [9.17, 15) is 13.2 Å². The van der Waals surface area contributed by atoms with Gasteiger partial charge in [-0.15, -0.1) is 0 Å². The highest BCUT2D eigenvalue weighted by Gasteiger charge is 2.33. The number of hydrogen-bond acceptors (Lipinski definition) is 4. The van der Waals surface area contributed by atoms with E-state index in [-0.39, 0.29) is 10.7 Å². The molecule has 34 heavy (non-hydrogen) atoms. The van der Waals surface area contributed by atoms with Crippen LogP contribution in [-0.2, 0) is 6.18 Å². The Morgan fingerprint density at radius 3 is 2.09 bits per heavy atom. The molecule has 1 aliphatic rings. The zero-order chi connectivity index (χ0) is 24.3. The van der Waals surface area contributed by atoms with E-state index in [4.69, 9.17) is 21.1 Å². The lowest BCUT2D eigenvalue weighted by Crippen LogP contribution is -2.34. The van der Waals surface area contributed by atoms with Crippen molar-refractivity contribution < 1.29 is 22.6 Å². The number of nitrogens with one attached hydrogen (secondary N) is 1. The van der Waals surface area contributed by atoms with Gasteiger partial charge in [-0.2, -0.15) is 13.2 Å². The van der Waals surface area contributed by atoms with Crippen LogP contribution in [0.3, 0.4) is 0 Å². The summed E-state index contributed by atoms with van der Waals surface area (Å²) in [4.78, 5) is 0. The standard InChI is InChI=1S/C26H22ClF3N2O2/c1-33-21-10-4-17(5-11-21)3-9-20-16-24(18-6-12-22(34-2)13-7-18)32(31-20)25-15-19(26(28,29)30)8-14-23(25)27/h3-16,24,31H,1-2H3/b9-3+/t24-/m0/s1. The second kappa shape index (κ2) is 9.73. The van der Waals surface area contributed by atoms with Crippen LogP contribution in [-0.4, -0.2) is 14.2 Å². The molecule has 0 aromatic heterocycles. The van der Waals surface area contributed by atoms with Gasteiger partial charge in [0.15, 0.2) is 0 Å². The predicted molar refractivity (Wildman–Crippen MR) is 128 cm³/mol. The van der Waals surface area contributed by atoms with Crippen molar-refractivity contribution in [2.45, 2.75) is 12.2 Å². The van der Waals surface area contributed by atoms with E-state index >= 15 is 0 Å². The number of allylic oxidation sites excluding steroid dienone is 1. The van der Waals surface area contributed by atoms with Crippen molar-refractivity contribution >= 4 is 23.4 Å². The van der Waals surface area contributed by atoms with Crippen molar-refractivity contribution in [1.29, 1.82) is 0 Å². The fourth-order valence-corrected chi connectivity index (χ4v) is 3.82. The van der Waals surface area contributed by atoms with Crippen molar-refractivity contribution in [2.75, 3.05) is 19.2 Å².